The minimum absolute atomic E-state index is 0.105. The summed E-state index contributed by atoms with van der Waals surface area (Å²) in [5.74, 6) is -2.16. The Hall–Kier alpha value is 0.0800. The monoisotopic (exact) mass is 453 g/mol. The Morgan fingerprint density at radius 2 is 1.58 bits per heavy atom. The molecule has 154 valence electrons. The molecule has 1 N–H and O–H groups in total. The lowest BCUT2D eigenvalue weighted by Crippen LogP contribution is -2.50. The van der Waals surface area contributed by atoms with Crippen molar-refractivity contribution in [3.8, 4) is 0 Å². The van der Waals surface area contributed by atoms with Crippen molar-refractivity contribution in [2.24, 2.45) is 0 Å². The second-order valence-corrected chi connectivity index (χ2v) is 17.7. The molecule has 0 aliphatic heterocycles. The molecule has 1 atom stereocenters. The number of carboxylic acids is 1. The predicted octanol–water partition coefficient (Wildman–Crippen LogP) is 5.57. The van der Waals surface area contributed by atoms with E-state index in [0.717, 1.165) is 25.7 Å². The zero-order valence-electron chi connectivity index (χ0n) is 15.3. The van der Waals surface area contributed by atoms with Crippen LogP contribution < -0.4 is 0 Å². The van der Waals surface area contributed by atoms with Crippen molar-refractivity contribution in [3.05, 3.63) is 0 Å². The summed E-state index contributed by atoms with van der Waals surface area (Å²) < 4.78 is 36.6. The normalized spacial score (nSPS) is 13.5. The number of aliphatic carboxylic acids is 1. The molecule has 1 amide bonds. The van der Waals surface area contributed by atoms with Gasteiger partial charge in [0.2, 0.25) is 0 Å². The highest BCUT2D eigenvalue weighted by Gasteiger charge is 2.47. The first-order valence-electron chi connectivity index (χ1n) is 8.51. The number of amides is 1. The third-order valence-corrected chi connectivity index (χ3v) is 14.1. The van der Waals surface area contributed by atoms with E-state index in [1.54, 1.807) is 0 Å². The molecule has 0 radical (unpaired) electrons. The van der Waals surface area contributed by atoms with Gasteiger partial charge in [-0.25, -0.2) is 4.79 Å². The van der Waals surface area contributed by atoms with E-state index >= 15 is 0 Å². The van der Waals surface area contributed by atoms with Crippen molar-refractivity contribution in [3.63, 3.8) is 0 Å². The molecule has 0 aliphatic carbocycles. The number of rotatable bonds is 13. The van der Waals surface area contributed by atoms with Crippen LogP contribution >= 0.6 is 27.2 Å². The first-order valence-corrected chi connectivity index (χ1v) is 14.7. The fraction of sp³-hybridized carbons (Fsp3) is 0.867. The Morgan fingerprint density at radius 1 is 1.12 bits per heavy atom. The predicted molar refractivity (Wildman–Crippen MR) is 108 cm³/mol. The summed E-state index contributed by atoms with van der Waals surface area (Å²) in [5, 5.41) is 9.29. The smallest absolute Gasteiger partial charge is 0.471 e. The van der Waals surface area contributed by atoms with Crippen molar-refractivity contribution in [1.82, 2.24) is 4.90 Å². The van der Waals surface area contributed by atoms with Crippen molar-refractivity contribution in [1.29, 1.82) is 0 Å². The summed E-state index contributed by atoms with van der Waals surface area (Å²) in [6.45, 7) is 5.46. The number of carboxylic acid groups (broad SMARTS) is 1. The summed E-state index contributed by atoms with van der Waals surface area (Å²) >= 11 is 8.54. The van der Waals surface area contributed by atoms with E-state index in [-0.39, 0.29) is 12.7 Å². The van der Waals surface area contributed by atoms with Crippen LogP contribution in [0.15, 0.2) is 0 Å². The first-order chi connectivity index (χ1) is 12.0. The minimum atomic E-state index is -5.12. The van der Waals surface area contributed by atoms with Crippen LogP contribution in [0.2, 0.25) is 0 Å². The molecule has 0 heterocycles. The van der Waals surface area contributed by atoms with Gasteiger partial charge in [-0.15, -0.1) is 22.8 Å². The highest BCUT2D eigenvalue weighted by molar-refractivity contribution is 9.00. The maximum atomic E-state index is 13.0. The van der Waals surface area contributed by atoms with Crippen molar-refractivity contribution < 1.29 is 27.9 Å². The summed E-state index contributed by atoms with van der Waals surface area (Å²) in [6.07, 6.45) is -1.94. The van der Waals surface area contributed by atoms with E-state index < -0.39 is 28.5 Å². The maximum absolute atomic E-state index is 13.0. The Balaban J connectivity index is 5.60. The number of nitrogens with zero attached hydrogens (tertiary/aromatic N) is 1. The van der Waals surface area contributed by atoms with Gasteiger partial charge in [0.05, 0.1) is 10.7 Å². The molecule has 4 nitrogen and oxygen atoms in total. The molecular formula is C15H27F3NO3PS3. The average Bonchev–Trinajstić information content (AvgIpc) is 2.53. The van der Waals surface area contributed by atoms with Gasteiger partial charge in [0, 0.05) is 0 Å². The molecule has 0 aromatic rings. The van der Waals surface area contributed by atoms with Gasteiger partial charge in [0.25, 0.3) is 0 Å². The highest BCUT2D eigenvalue weighted by atomic mass is 33.2. The maximum Gasteiger partial charge on any atom is 0.471 e. The molecule has 0 saturated carbocycles. The van der Waals surface area contributed by atoms with Gasteiger partial charge in [-0.05, 0) is 30.8 Å². The van der Waals surface area contributed by atoms with Crippen LogP contribution in [-0.2, 0) is 21.4 Å². The van der Waals surface area contributed by atoms with Crippen LogP contribution in [-0.4, -0.2) is 51.9 Å². The van der Waals surface area contributed by atoms with Gasteiger partial charge in [-0.1, -0.05) is 45.4 Å². The third kappa shape index (κ3) is 9.33. The molecular weight excluding hydrogens is 426 g/mol. The average molecular weight is 454 g/mol. The quantitative estimate of drug-likeness (QED) is 0.290. The van der Waals surface area contributed by atoms with Crippen molar-refractivity contribution in [2.75, 3.05) is 17.8 Å². The minimum Gasteiger partial charge on any atom is -0.480 e. The fourth-order valence-corrected chi connectivity index (χ4v) is 12.0. The second kappa shape index (κ2) is 12.5. The van der Waals surface area contributed by atoms with Crippen molar-refractivity contribution in [2.45, 2.75) is 65.1 Å². The lowest BCUT2D eigenvalue weighted by Gasteiger charge is -2.33. The standard InChI is InChI=1S/C15H27F3NO3PS3/c1-4-7-9-25-23(24,26-10-8-5-2)11-19(12(6-3)13(20)21)14(22)15(16,17)18/h12H,4-11H2,1-3H3,(H,20,21). The fourth-order valence-electron chi connectivity index (χ4n) is 2.00. The number of hydrogen-bond donors (Lipinski definition) is 1. The van der Waals surface area contributed by atoms with E-state index in [0.29, 0.717) is 16.4 Å². The highest BCUT2D eigenvalue weighted by Crippen LogP contribution is 2.70. The Bertz CT molecular complexity index is 492. The van der Waals surface area contributed by atoms with Crippen LogP contribution in [0, 0.1) is 0 Å². The Morgan fingerprint density at radius 3 is 1.88 bits per heavy atom. The summed E-state index contributed by atoms with van der Waals surface area (Å²) in [5.41, 5.74) is 0. The molecule has 0 aromatic heterocycles. The van der Waals surface area contributed by atoms with Gasteiger partial charge in [0.1, 0.15) is 6.04 Å². The van der Waals surface area contributed by atoms with Crippen LogP contribution in [0.25, 0.3) is 0 Å². The first kappa shape index (κ1) is 26.1. The van der Waals surface area contributed by atoms with Gasteiger partial charge in [-0.2, -0.15) is 13.2 Å². The second-order valence-electron chi connectivity index (χ2n) is 5.66. The number of halogens is 3. The van der Waals surface area contributed by atoms with Crippen LogP contribution in [0.5, 0.6) is 0 Å². The number of alkyl halides is 3. The van der Waals surface area contributed by atoms with Crippen molar-refractivity contribution >= 4 is 50.9 Å². The van der Waals surface area contributed by atoms with E-state index in [1.807, 2.05) is 13.8 Å². The van der Waals surface area contributed by atoms with E-state index in [4.69, 9.17) is 11.8 Å². The van der Waals surface area contributed by atoms with Gasteiger partial charge in [-0.3, -0.25) is 4.79 Å². The molecule has 11 heteroatoms. The Kier molecular flexibility index (Phi) is 12.6. The van der Waals surface area contributed by atoms with Gasteiger partial charge >= 0.3 is 18.1 Å². The topological polar surface area (TPSA) is 57.6 Å². The summed E-state index contributed by atoms with van der Waals surface area (Å²) in [7, 11) is 0. The van der Waals surface area contributed by atoms with Gasteiger partial charge < -0.3 is 10.0 Å². The molecule has 1 unspecified atom stereocenters. The summed E-state index contributed by atoms with van der Waals surface area (Å²) in [6, 6.07) is -1.52. The molecule has 0 rings (SSSR count). The molecule has 0 saturated heterocycles. The van der Waals surface area contributed by atoms with Crippen LogP contribution in [0.4, 0.5) is 13.2 Å². The molecule has 0 bridgehead atoms. The molecule has 0 fully saturated rings. The van der Waals surface area contributed by atoms with E-state index in [2.05, 4.69) is 0 Å². The third-order valence-electron chi connectivity index (χ3n) is 3.45. The summed E-state index contributed by atoms with van der Waals surface area (Å²) in [4.78, 5) is 23.8. The van der Waals surface area contributed by atoms with Crippen LogP contribution in [0.3, 0.4) is 0 Å². The SMILES string of the molecule is CCCCSP(=S)(CN(C(=O)C(F)(F)F)C(CC)C(=O)O)SCCCC. The number of hydrogen-bond acceptors (Lipinski definition) is 5. The van der Waals surface area contributed by atoms with E-state index in [9.17, 15) is 27.9 Å². The molecule has 26 heavy (non-hydrogen) atoms. The molecule has 0 aromatic carbocycles. The van der Waals surface area contributed by atoms with Crippen LogP contribution in [0.1, 0.15) is 52.9 Å². The molecule has 0 aliphatic rings. The Labute approximate surface area is 166 Å². The lowest BCUT2D eigenvalue weighted by atomic mass is 10.2. The number of carbonyl (C=O) groups excluding carboxylic acids is 1. The largest absolute Gasteiger partial charge is 0.480 e. The number of unbranched alkanes of at least 4 members (excludes halogenated alkanes) is 2. The zero-order valence-corrected chi connectivity index (χ0v) is 18.6. The number of carbonyl (C=O) groups is 2. The lowest BCUT2D eigenvalue weighted by molar-refractivity contribution is -0.188. The molecule has 0 spiro atoms. The van der Waals surface area contributed by atoms with E-state index in [1.165, 1.54) is 29.7 Å². The zero-order chi connectivity index (χ0) is 20.4. The van der Waals surface area contributed by atoms with Gasteiger partial charge in [0.15, 0.2) is 0 Å².